The lowest BCUT2D eigenvalue weighted by molar-refractivity contribution is 0.102. The van der Waals surface area contributed by atoms with Gasteiger partial charge in [0.15, 0.2) is 0 Å². The predicted molar refractivity (Wildman–Crippen MR) is 132 cm³/mol. The van der Waals surface area contributed by atoms with Crippen molar-refractivity contribution in [1.29, 1.82) is 0 Å². The largest absolute Gasteiger partial charge is 0.316 e. The summed E-state index contributed by atoms with van der Waals surface area (Å²) in [6, 6.07) is 20.8. The third-order valence-electron chi connectivity index (χ3n) is 5.30. The summed E-state index contributed by atoms with van der Waals surface area (Å²) >= 11 is 5.84. The molecular weight excluding hydrogens is 476 g/mol. The zero-order valence-corrected chi connectivity index (χ0v) is 19.9. The lowest BCUT2D eigenvalue weighted by atomic mass is 10.2. The maximum atomic E-state index is 13.0. The Kier molecular flexibility index (Phi) is 6.32. The number of rotatable bonds is 6. The van der Waals surface area contributed by atoms with E-state index in [4.69, 9.17) is 11.6 Å². The summed E-state index contributed by atoms with van der Waals surface area (Å²) in [4.78, 5) is 25.9. The second-order valence-electron chi connectivity index (χ2n) is 7.53. The molecule has 10 heteroatoms. The monoisotopic (exact) mass is 496 g/mol. The van der Waals surface area contributed by atoms with Gasteiger partial charge in [-0.2, -0.15) is 0 Å². The lowest BCUT2D eigenvalue weighted by Gasteiger charge is -2.10. The Morgan fingerprint density at radius 1 is 0.941 bits per heavy atom. The van der Waals surface area contributed by atoms with Gasteiger partial charge < -0.3 is 5.32 Å². The summed E-state index contributed by atoms with van der Waals surface area (Å²) in [5.41, 5.74) is 1.35. The summed E-state index contributed by atoms with van der Waals surface area (Å²) < 4.78 is 31.1. The summed E-state index contributed by atoms with van der Waals surface area (Å²) in [5.74, 6) is -0.602. The Morgan fingerprint density at radius 3 is 2.29 bits per heavy atom. The van der Waals surface area contributed by atoms with Crippen LogP contribution < -0.4 is 15.6 Å². The van der Waals surface area contributed by atoms with Gasteiger partial charge in [-0.25, -0.2) is 13.1 Å². The molecule has 8 nitrogen and oxygen atoms in total. The zero-order valence-electron chi connectivity index (χ0n) is 18.3. The second kappa shape index (κ2) is 9.20. The molecule has 1 amide bonds. The molecule has 0 unspecified atom stereocenters. The zero-order chi connectivity index (χ0) is 24.5. The van der Waals surface area contributed by atoms with Crippen molar-refractivity contribution in [1.82, 2.24) is 9.36 Å². The molecule has 0 aliphatic heterocycles. The average Bonchev–Trinajstić information content (AvgIpc) is 3.04. The molecule has 2 N–H and O–H groups in total. The number of amides is 1. The molecule has 34 heavy (non-hydrogen) atoms. The first-order valence-electron chi connectivity index (χ1n) is 10.2. The molecule has 0 radical (unpaired) electrons. The Bertz CT molecular complexity index is 1530. The van der Waals surface area contributed by atoms with Gasteiger partial charge >= 0.3 is 0 Å². The molecule has 0 fully saturated rings. The summed E-state index contributed by atoms with van der Waals surface area (Å²) in [6.45, 7) is 1.72. The van der Waals surface area contributed by atoms with Crippen LogP contribution in [0.4, 0.5) is 11.4 Å². The second-order valence-corrected chi connectivity index (χ2v) is 9.65. The lowest BCUT2D eigenvalue weighted by Crippen LogP contribution is -2.23. The smallest absolute Gasteiger partial charge is 0.295 e. The predicted octanol–water partition coefficient (Wildman–Crippen LogP) is 4.19. The number of nitrogens with one attached hydrogen (secondary N) is 2. The van der Waals surface area contributed by atoms with E-state index in [1.54, 1.807) is 42.9 Å². The summed E-state index contributed by atoms with van der Waals surface area (Å²) in [6.07, 6.45) is 0. The van der Waals surface area contributed by atoms with Crippen LogP contribution in [0.15, 0.2) is 88.6 Å². The standard InChI is InChI=1S/C24H21ClN4O4S/c1-16-22(24(31)29(28(16)2)20-8-4-3-5-9-20)26-23(30)17-7-6-10-21(15-17)34(32,33)27-19-13-11-18(25)12-14-19/h3-15,27H,1-2H3,(H,26,30). The van der Waals surface area contributed by atoms with Crippen molar-refractivity contribution in [3.8, 4) is 5.69 Å². The molecule has 1 heterocycles. The van der Waals surface area contributed by atoms with Crippen LogP contribution in [0.25, 0.3) is 5.69 Å². The number of anilines is 2. The minimum absolute atomic E-state index is 0.0906. The maximum Gasteiger partial charge on any atom is 0.295 e. The van der Waals surface area contributed by atoms with E-state index in [1.807, 2.05) is 18.2 Å². The Hall–Kier alpha value is -3.82. The van der Waals surface area contributed by atoms with Gasteiger partial charge in [-0.15, -0.1) is 0 Å². The maximum absolute atomic E-state index is 13.0. The van der Waals surface area contributed by atoms with Gasteiger partial charge in [0.25, 0.3) is 21.5 Å². The van der Waals surface area contributed by atoms with Crippen molar-refractivity contribution in [2.75, 3.05) is 10.0 Å². The highest BCUT2D eigenvalue weighted by atomic mass is 35.5. The van der Waals surface area contributed by atoms with Crippen LogP contribution in [0.3, 0.4) is 0 Å². The van der Waals surface area contributed by atoms with Gasteiger partial charge in [0.1, 0.15) is 5.69 Å². The number of carbonyl (C=O) groups is 1. The Labute approximate surface area is 201 Å². The molecule has 0 saturated heterocycles. The third-order valence-corrected chi connectivity index (χ3v) is 6.93. The number of hydrogen-bond donors (Lipinski definition) is 2. The number of benzene rings is 3. The van der Waals surface area contributed by atoms with Crippen molar-refractivity contribution in [3.05, 3.63) is 105 Å². The van der Waals surface area contributed by atoms with Crippen LogP contribution in [-0.2, 0) is 17.1 Å². The van der Waals surface area contributed by atoms with E-state index in [0.29, 0.717) is 22.1 Å². The number of hydrogen-bond acceptors (Lipinski definition) is 4. The minimum Gasteiger partial charge on any atom is -0.316 e. The number of aromatic nitrogens is 2. The summed E-state index contributed by atoms with van der Waals surface area (Å²) in [7, 11) is -2.24. The fraction of sp³-hybridized carbons (Fsp3) is 0.0833. The van der Waals surface area contributed by atoms with Gasteiger partial charge in [0.05, 0.1) is 16.3 Å². The first-order chi connectivity index (χ1) is 16.2. The average molecular weight is 497 g/mol. The van der Waals surface area contributed by atoms with Gasteiger partial charge in [-0.05, 0) is 61.5 Å². The highest BCUT2D eigenvalue weighted by Gasteiger charge is 2.21. The molecule has 0 aliphatic carbocycles. The van der Waals surface area contributed by atoms with Crippen LogP contribution in [0, 0.1) is 6.92 Å². The van der Waals surface area contributed by atoms with Gasteiger partial charge in [0, 0.05) is 23.3 Å². The highest BCUT2D eigenvalue weighted by Crippen LogP contribution is 2.20. The third kappa shape index (κ3) is 4.61. The number of nitrogens with zero attached hydrogens (tertiary/aromatic N) is 2. The minimum atomic E-state index is -3.95. The number of sulfonamides is 1. The normalized spacial score (nSPS) is 11.3. The summed E-state index contributed by atoms with van der Waals surface area (Å²) in [5, 5.41) is 3.11. The molecule has 4 aromatic rings. The molecule has 0 aliphatic rings. The fourth-order valence-corrected chi connectivity index (χ4v) is 4.66. The van der Waals surface area contributed by atoms with E-state index in [0.717, 1.165) is 0 Å². The van der Waals surface area contributed by atoms with E-state index in [-0.39, 0.29) is 16.1 Å². The van der Waals surface area contributed by atoms with E-state index in [9.17, 15) is 18.0 Å². The van der Waals surface area contributed by atoms with Crippen LogP contribution in [0.2, 0.25) is 5.02 Å². The number of carbonyl (C=O) groups excluding carboxylic acids is 1. The Morgan fingerprint density at radius 2 is 1.62 bits per heavy atom. The molecule has 0 spiro atoms. The van der Waals surface area contributed by atoms with E-state index < -0.39 is 21.5 Å². The molecular formula is C24H21ClN4O4S. The SMILES string of the molecule is Cc1c(NC(=O)c2cccc(S(=O)(=O)Nc3ccc(Cl)cc3)c2)c(=O)n(-c2ccccc2)n1C. The van der Waals surface area contributed by atoms with Crippen molar-refractivity contribution >= 4 is 38.9 Å². The van der Waals surface area contributed by atoms with Crippen molar-refractivity contribution < 1.29 is 13.2 Å². The van der Waals surface area contributed by atoms with Gasteiger partial charge in [-0.3, -0.25) is 19.0 Å². The molecule has 4 rings (SSSR count). The number of para-hydroxylation sites is 1. The molecule has 0 saturated carbocycles. The molecule has 174 valence electrons. The van der Waals surface area contributed by atoms with Crippen molar-refractivity contribution in [3.63, 3.8) is 0 Å². The quantitative estimate of drug-likeness (QED) is 0.418. The van der Waals surface area contributed by atoms with Crippen LogP contribution in [0.5, 0.6) is 0 Å². The Balaban J connectivity index is 1.61. The van der Waals surface area contributed by atoms with Crippen LogP contribution >= 0.6 is 11.6 Å². The van der Waals surface area contributed by atoms with Crippen molar-refractivity contribution in [2.24, 2.45) is 7.05 Å². The van der Waals surface area contributed by atoms with E-state index in [2.05, 4.69) is 10.0 Å². The highest BCUT2D eigenvalue weighted by molar-refractivity contribution is 7.92. The first kappa shape index (κ1) is 23.3. The van der Waals surface area contributed by atoms with Crippen molar-refractivity contribution in [2.45, 2.75) is 11.8 Å². The fourth-order valence-electron chi connectivity index (χ4n) is 3.43. The van der Waals surface area contributed by atoms with Gasteiger partial charge in [-0.1, -0.05) is 35.9 Å². The first-order valence-corrected chi connectivity index (χ1v) is 12.1. The number of halogens is 1. The van der Waals surface area contributed by atoms with Crippen LogP contribution in [-0.4, -0.2) is 23.7 Å². The van der Waals surface area contributed by atoms with Gasteiger partial charge in [0.2, 0.25) is 0 Å². The van der Waals surface area contributed by atoms with Crippen LogP contribution in [0.1, 0.15) is 16.1 Å². The topological polar surface area (TPSA) is 102 Å². The molecule has 1 aromatic heterocycles. The molecule has 3 aromatic carbocycles. The van der Waals surface area contributed by atoms with E-state index >= 15 is 0 Å². The van der Waals surface area contributed by atoms with E-state index in [1.165, 1.54) is 41.1 Å². The molecule has 0 atom stereocenters. The molecule has 0 bridgehead atoms.